The van der Waals surface area contributed by atoms with Gasteiger partial charge in [-0.25, -0.2) is 19.4 Å². The zero-order valence-corrected chi connectivity index (χ0v) is 29.1. The van der Waals surface area contributed by atoms with Crippen molar-refractivity contribution < 1.29 is 13.9 Å². The summed E-state index contributed by atoms with van der Waals surface area (Å²) in [7, 11) is 0. The number of allylic oxidation sites excluding steroid dienone is 4. The van der Waals surface area contributed by atoms with Crippen molar-refractivity contribution in [3.63, 3.8) is 0 Å². The highest BCUT2D eigenvalue weighted by Crippen LogP contribution is 2.34. The first-order chi connectivity index (χ1) is 22.8. The molecule has 1 aromatic heterocycles. The maximum absolute atomic E-state index is 15.8. The normalized spacial score (nSPS) is 17.7. The summed E-state index contributed by atoms with van der Waals surface area (Å²) in [5.74, 6) is 3.01. The highest BCUT2D eigenvalue weighted by molar-refractivity contribution is 6.08. The van der Waals surface area contributed by atoms with E-state index >= 15 is 4.39 Å². The Bertz CT molecular complexity index is 1560. The van der Waals surface area contributed by atoms with Crippen LogP contribution >= 0.6 is 0 Å². The second kappa shape index (κ2) is 17.5. The van der Waals surface area contributed by atoms with Crippen molar-refractivity contribution in [2.24, 2.45) is 16.0 Å². The fraction of sp³-hybridized carbons (Fsp3) is 0.447. The summed E-state index contributed by atoms with van der Waals surface area (Å²) in [5, 5.41) is 9.43. The van der Waals surface area contributed by atoms with Gasteiger partial charge in [0, 0.05) is 49.8 Å². The van der Waals surface area contributed by atoms with Gasteiger partial charge in [-0.2, -0.15) is 5.10 Å². The summed E-state index contributed by atoms with van der Waals surface area (Å²) in [6.45, 7) is 16.8. The molecule has 2 aromatic rings. The van der Waals surface area contributed by atoms with Crippen LogP contribution in [0, 0.1) is 25.6 Å². The maximum atomic E-state index is 15.8. The number of ether oxygens (including phenoxy) is 2. The number of aromatic nitrogens is 1. The molecule has 0 spiro atoms. The molecule has 0 bridgehead atoms. The van der Waals surface area contributed by atoms with Gasteiger partial charge >= 0.3 is 0 Å². The SMILES string of the molecule is C/C=N\N1C=CC(Oc2cc(F)c(NC(=N/C=C/CCC)c3nc4c(cc3C)OCC(C)CN4CCCCC)cc2C)=C/C1=C\CC. The summed E-state index contributed by atoms with van der Waals surface area (Å²) < 4.78 is 28.2. The van der Waals surface area contributed by atoms with Gasteiger partial charge in [0.15, 0.2) is 17.4 Å². The number of nitrogens with zero attached hydrogens (tertiary/aromatic N) is 5. The van der Waals surface area contributed by atoms with Crippen LogP contribution in [-0.4, -0.2) is 41.7 Å². The molecule has 0 aliphatic carbocycles. The Balaban J connectivity index is 1.67. The molecule has 2 aliphatic heterocycles. The van der Waals surface area contributed by atoms with Crippen LogP contribution in [0.4, 0.5) is 15.9 Å². The van der Waals surface area contributed by atoms with Gasteiger partial charge in [0.1, 0.15) is 23.0 Å². The molecule has 8 nitrogen and oxygen atoms in total. The Morgan fingerprint density at radius 2 is 1.98 bits per heavy atom. The van der Waals surface area contributed by atoms with E-state index in [0.717, 1.165) is 80.0 Å². The fourth-order valence-corrected chi connectivity index (χ4v) is 5.44. The standard InChI is InChI=1S/C38H51FN6O2/c1-8-12-14-18-40-37(36-29(7)22-35-38(43-36)44(19-15-13-9-2)25-27(5)26-46-35)42-33-21-28(6)34(24-32(33)39)47-31-17-20-45(41-11-4)30(23-31)16-10-3/h11,14,16-18,20-24,27H,8-10,12-13,15,19,25-26H2,1-7H3,(H,40,42)/b18-14+,30-16+,41-11-. The van der Waals surface area contributed by atoms with Crippen molar-refractivity contribution >= 4 is 23.6 Å². The van der Waals surface area contributed by atoms with E-state index in [0.29, 0.717) is 41.3 Å². The average molecular weight is 643 g/mol. The van der Waals surface area contributed by atoms with Crippen LogP contribution in [0.25, 0.3) is 0 Å². The molecule has 252 valence electrons. The molecule has 0 radical (unpaired) electrons. The topological polar surface area (TPSA) is 74.6 Å². The van der Waals surface area contributed by atoms with Crippen LogP contribution in [0.15, 0.2) is 76.5 Å². The van der Waals surface area contributed by atoms with Crippen LogP contribution < -0.4 is 19.7 Å². The van der Waals surface area contributed by atoms with Crippen molar-refractivity contribution in [1.82, 2.24) is 9.99 Å². The Kier molecular flexibility index (Phi) is 13.2. The van der Waals surface area contributed by atoms with Gasteiger partial charge in [-0.05, 0) is 69.4 Å². The number of unbranched alkanes of at least 4 members (excludes halogenated alkanes) is 3. The third-order valence-electron chi connectivity index (χ3n) is 7.87. The molecule has 4 rings (SSSR count). The van der Waals surface area contributed by atoms with Gasteiger partial charge in [0.25, 0.3) is 0 Å². The summed E-state index contributed by atoms with van der Waals surface area (Å²) in [6, 6.07) is 5.20. The highest BCUT2D eigenvalue weighted by atomic mass is 19.1. The van der Waals surface area contributed by atoms with Gasteiger partial charge < -0.3 is 19.7 Å². The van der Waals surface area contributed by atoms with Crippen molar-refractivity contribution in [3.05, 3.63) is 89.0 Å². The minimum atomic E-state index is -0.455. The third kappa shape index (κ3) is 9.56. The second-order valence-electron chi connectivity index (χ2n) is 12.1. The molecule has 1 N–H and O–H groups in total. The number of aryl methyl sites for hydroxylation is 2. The van der Waals surface area contributed by atoms with E-state index in [-0.39, 0.29) is 0 Å². The van der Waals surface area contributed by atoms with E-state index in [2.05, 4.69) is 49.1 Å². The lowest BCUT2D eigenvalue weighted by Crippen LogP contribution is -2.30. The van der Waals surface area contributed by atoms with Gasteiger partial charge in [-0.1, -0.05) is 59.1 Å². The minimum Gasteiger partial charge on any atom is -0.489 e. The lowest BCUT2D eigenvalue weighted by Gasteiger charge is -2.25. The lowest BCUT2D eigenvalue weighted by molar-refractivity contribution is 0.273. The largest absolute Gasteiger partial charge is 0.489 e. The number of anilines is 2. The second-order valence-corrected chi connectivity index (χ2v) is 12.1. The van der Waals surface area contributed by atoms with E-state index in [4.69, 9.17) is 19.5 Å². The predicted molar refractivity (Wildman–Crippen MR) is 193 cm³/mol. The van der Waals surface area contributed by atoms with Crippen LogP contribution in [0.2, 0.25) is 0 Å². The summed E-state index contributed by atoms with van der Waals surface area (Å²) >= 11 is 0. The number of nitrogens with one attached hydrogen (secondary N) is 1. The molecule has 0 saturated heterocycles. The van der Waals surface area contributed by atoms with E-state index in [1.807, 2.05) is 51.3 Å². The summed E-state index contributed by atoms with van der Waals surface area (Å²) in [5.41, 5.74) is 3.51. The van der Waals surface area contributed by atoms with Crippen LogP contribution in [0.5, 0.6) is 11.5 Å². The molecule has 0 saturated carbocycles. The Morgan fingerprint density at radius 1 is 1.15 bits per heavy atom. The monoisotopic (exact) mass is 642 g/mol. The fourth-order valence-electron chi connectivity index (χ4n) is 5.44. The van der Waals surface area contributed by atoms with E-state index in [1.54, 1.807) is 23.5 Å². The van der Waals surface area contributed by atoms with E-state index in [9.17, 15) is 0 Å². The van der Waals surface area contributed by atoms with Gasteiger partial charge in [-0.3, -0.25) is 0 Å². The number of benzene rings is 1. The smallest absolute Gasteiger partial charge is 0.172 e. The third-order valence-corrected chi connectivity index (χ3v) is 7.87. The summed E-state index contributed by atoms with van der Waals surface area (Å²) in [6.07, 6.45) is 19.3. The highest BCUT2D eigenvalue weighted by Gasteiger charge is 2.25. The number of halogens is 1. The molecule has 0 amide bonds. The minimum absolute atomic E-state index is 0.293. The molecular weight excluding hydrogens is 591 g/mol. The number of rotatable bonds is 13. The first kappa shape index (κ1) is 35.5. The van der Waals surface area contributed by atoms with Crippen molar-refractivity contribution in [2.45, 2.75) is 87.0 Å². The Morgan fingerprint density at radius 3 is 2.72 bits per heavy atom. The van der Waals surface area contributed by atoms with Gasteiger partial charge in [-0.15, -0.1) is 0 Å². The van der Waals surface area contributed by atoms with E-state index < -0.39 is 5.82 Å². The molecule has 9 heteroatoms. The molecule has 3 heterocycles. The maximum Gasteiger partial charge on any atom is 0.172 e. The first-order valence-corrected chi connectivity index (χ1v) is 17.0. The zero-order valence-electron chi connectivity index (χ0n) is 29.1. The van der Waals surface area contributed by atoms with Gasteiger partial charge in [0.05, 0.1) is 18.0 Å². The number of fused-ring (bicyclic) bond motifs is 1. The van der Waals surface area contributed by atoms with Crippen LogP contribution in [0.3, 0.4) is 0 Å². The number of hydrogen-bond acceptors (Lipinski definition) is 7. The lowest BCUT2D eigenvalue weighted by atomic mass is 10.1. The molecule has 47 heavy (non-hydrogen) atoms. The van der Waals surface area contributed by atoms with Gasteiger partial charge in [0.2, 0.25) is 0 Å². The van der Waals surface area contributed by atoms with Crippen LogP contribution in [0.1, 0.15) is 90.0 Å². The van der Waals surface area contributed by atoms with Crippen molar-refractivity contribution in [1.29, 1.82) is 0 Å². The predicted octanol–water partition coefficient (Wildman–Crippen LogP) is 9.43. The number of pyridine rings is 1. The number of hydrazone groups is 1. The Labute approximate surface area is 280 Å². The first-order valence-electron chi connectivity index (χ1n) is 17.0. The number of amidine groups is 1. The number of aliphatic imine (C=N–C) groups is 1. The molecule has 2 aliphatic rings. The molecule has 1 atom stereocenters. The van der Waals surface area contributed by atoms with Crippen molar-refractivity contribution in [3.8, 4) is 11.5 Å². The quantitative estimate of drug-likeness (QED) is 0.133. The molecule has 1 aromatic carbocycles. The zero-order chi connectivity index (χ0) is 33.8. The molecule has 1 unspecified atom stereocenters. The van der Waals surface area contributed by atoms with Crippen molar-refractivity contribution in [2.75, 3.05) is 29.9 Å². The molecular formula is C38H51FN6O2. The Hall–Kier alpha value is -4.40. The van der Waals surface area contributed by atoms with Crippen LogP contribution in [-0.2, 0) is 0 Å². The van der Waals surface area contributed by atoms with E-state index in [1.165, 1.54) is 6.07 Å². The number of hydrogen-bond donors (Lipinski definition) is 1. The average Bonchev–Trinajstić information content (AvgIpc) is 3.19. The summed E-state index contributed by atoms with van der Waals surface area (Å²) in [4.78, 5) is 12.2. The molecule has 0 fully saturated rings.